The van der Waals surface area contributed by atoms with Gasteiger partial charge in [0.25, 0.3) is 0 Å². The molecular formula is C14H19NO4. The Morgan fingerprint density at radius 2 is 2.11 bits per heavy atom. The molecule has 0 amide bonds. The van der Waals surface area contributed by atoms with Crippen molar-refractivity contribution < 1.29 is 19.0 Å². The lowest BCUT2D eigenvalue weighted by atomic mass is 10.1. The Labute approximate surface area is 112 Å². The second kappa shape index (κ2) is 6.43. The number of fused-ring (bicyclic) bond motifs is 1. The topological polar surface area (TPSA) is 70.8 Å². The summed E-state index contributed by atoms with van der Waals surface area (Å²) in [5.74, 6) is 1.08. The number of carbonyl (C=O) groups is 1. The molecular weight excluding hydrogens is 246 g/mol. The van der Waals surface area contributed by atoms with E-state index in [1.807, 2.05) is 18.2 Å². The summed E-state index contributed by atoms with van der Waals surface area (Å²) >= 11 is 0. The highest BCUT2D eigenvalue weighted by atomic mass is 16.5. The molecule has 1 aromatic rings. The lowest BCUT2D eigenvalue weighted by Crippen LogP contribution is -2.34. The third kappa shape index (κ3) is 3.61. The van der Waals surface area contributed by atoms with Crippen LogP contribution in [0, 0.1) is 0 Å². The molecule has 1 atom stereocenters. The monoisotopic (exact) mass is 265 g/mol. The number of benzene rings is 1. The van der Waals surface area contributed by atoms with Crippen molar-refractivity contribution in [2.24, 2.45) is 5.73 Å². The van der Waals surface area contributed by atoms with Gasteiger partial charge in [0.2, 0.25) is 0 Å². The molecule has 0 bridgehead atoms. The van der Waals surface area contributed by atoms with Gasteiger partial charge in [-0.1, -0.05) is 6.07 Å². The van der Waals surface area contributed by atoms with Gasteiger partial charge < -0.3 is 19.9 Å². The Hall–Kier alpha value is -1.75. The van der Waals surface area contributed by atoms with Crippen molar-refractivity contribution in [3.63, 3.8) is 0 Å². The van der Waals surface area contributed by atoms with E-state index in [1.54, 1.807) is 6.92 Å². The van der Waals surface area contributed by atoms with Gasteiger partial charge in [-0.2, -0.15) is 0 Å². The molecule has 2 N–H and O–H groups in total. The van der Waals surface area contributed by atoms with Gasteiger partial charge in [-0.3, -0.25) is 4.79 Å². The first kappa shape index (κ1) is 13.7. The van der Waals surface area contributed by atoms with E-state index >= 15 is 0 Å². The minimum absolute atomic E-state index is 0.341. The maximum atomic E-state index is 11.5. The second-order valence-corrected chi connectivity index (χ2v) is 4.39. The van der Waals surface area contributed by atoms with Crippen LogP contribution in [0.4, 0.5) is 0 Å². The standard InChI is InChI=1S/C14H19NO4/c1-2-17-14(16)11(15)8-10-4-5-12-13(9-10)19-7-3-6-18-12/h4-5,9,11H,2-3,6-8,15H2,1H3. The molecule has 5 heteroatoms. The molecule has 0 aromatic heterocycles. The van der Waals surface area contributed by atoms with E-state index in [4.69, 9.17) is 19.9 Å². The number of hydrogen-bond acceptors (Lipinski definition) is 5. The molecule has 0 saturated carbocycles. The lowest BCUT2D eigenvalue weighted by Gasteiger charge is -2.12. The fraction of sp³-hybridized carbons (Fsp3) is 0.500. The van der Waals surface area contributed by atoms with Gasteiger partial charge in [0.05, 0.1) is 19.8 Å². The molecule has 104 valence electrons. The number of carbonyl (C=O) groups excluding carboxylic acids is 1. The fourth-order valence-electron chi connectivity index (χ4n) is 1.92. The van der Waals surface area contributed by atoms with E-state index < -0.39 is 6.04 Å². The van der Waals surface area contributed by atoms with Crippen molar-refractivity contribution in [3.05, 3.63) is 23.8 Å². The van der Waals surface area contributed by atoms with E-state index in [2.05, 4.69) is 0 Å². The number of ether oxygens (including phenoxy) is 3. The molecule has 1 aliphatic rings. The van der Waals surface area contributed by atoms with Gasteiger partial charge in [-0.15, -0.1) is 0 Å². The summed E-state index contributed by atoms with van der Waals surface area (Å²) in [6.07, 6.45) is 1.29. The van der Waals surface area contributed by atoms with Gasteiger partial charge in [-0.25, -0.2) is 0 Å². The number of rotatable bonds is 4. The van der Waals surface area contributed by atoms with Gasteiger partial charge in [0, 0.05) is 6.42 Å². The first-order chi connectivity index (χ1) is 9.20. The molecule has 0 radical (unpaired) electrons. The highest BCUT2D eigenvalue weighted by Crippen LogP contribution is 2.30. The Morgan fingerprint density at radius 3 is 2.84 bits per heavy atom. The molecule has 0 fully saturated rings. The lowest BCUT2D eigenvalue weighted by molar-refractivity contribution is -0.144. The van der Waals surface area contributed by atoms with Crippen molar-refractivity contribution >= 4 is 5.97 Å². The highest BCUT2D eigenvalue weighted by molar-refractivity contribution is 5.75. The van der Waals surface area contributed by atoms with E-state index in [0.29, 0.717) is 32.0 Å². The summed E-state index contributed by atoms with van der Waals surface area (Å²) in [6, 6.07) is 4.98. The van der Waals surface area contributed by atoms with Gasteiger partial charge in [0.1, 0.15) is 6.04 Å². The van der Waals surface area contributed by atoms with Crippen LogP contribution in [0.2, 0.25) is 0 Å². The average molecular weight is 265 g/mol. The smallest absolute Gasteiger partial charge is 0.323 e. The van der Waals surface area contributed by atoms with Gasteiger partial charge in [0.15, 0.2) is 11.5 Å². The predicted molar refractivity (Wildman–Crippen MR) is 70.4 cm³/mol. The van der Waals surface area contributed by atoms with Crippen molar-refractivity contribution in [1.29, 1.82) is 0 Å². The minimum Gasteiger partial charge on any atom is -0.490 e. The normalized spacial score (nSPS) is 15.5. The van der Waals surface area contributed by atoms with Crippen LogP contribution in [0.25, 0.3) is 0 Å². The highest BCUT2D eigenvalue weighted by Gasteiger charge is 2.17. The Balaban J connectivity index is 2.05. The number of esters is 1. The molecule has 1 aliphatic heterocycles. The summed E-state index contributed by atoms with van der Waals surface area (Å²) in [7, 11) is 0. The molecule has 0 aliphatic carbocycles. The molecule has 1 aromatic carbocycles. The zero-order valence-corrected chi connectivity index (χ0v) is 11.1. The van der Waals surface area contributed by atoms with Crippen LogP contribution in [-0.4, -0.2) is 31.8 Å². The zero-order chi connectivity index (χ0) is 13.7. The summed E-state index contributed by atoms with van der Waals surface area (Å²) in [5, 5.41) is 0. The van der Waals surface area contributed by atoms with Crippen molar-refractivity contribution in [2.75, 3.05) is 19.8 Å². The summed E-state index contributed by atoms with van der Waals surface area (Å²) in [6.45, 7) is 3.40. The van der Waals surface area contributed by atoms with Crippen LogP contribution < -0.4 is 15.2 Å². The van der Waals surface area contributed by atoms with Crippen LogP contribution in [0.5, 0.6) is 11.5 Å². The molecule has 1 unspecified atom stereocenters. The minimum atomic E-state index is -0.648. The molecule has 5 nitrogen and oxygen atoms in total. The second-order valence-electron chi connectivity index (χ2n) is 4.39. The largest absolute Gasteiger partial charge is 0.490 e. The van der Waals surface area contributed by atoms with E-state index in [9.17, 15) is 4.79 Å². The van der Waals surface area contributed by atoms with Crippen molar-refractivity contribution in [1.82, 2.24) is 0 Å². The van der Waals surface area contributed by atoms with E-state index in [1.165, 1.54) is 0 Å². The van der Waals surface area contributed by atoms with Crippen LogP contribution >= 0.6 is 0 Å². The maximum absolute atomic E-state index is 11.5. The predicted octanol–water partition coefficient (Wildman–Crippen LogP) is 1.28. The average Bonchev–Trinajstić information content (AvgIpc) is 2.63. The van der Waals surface area contributed by atoms with Crippen molar-refractivity contribution in [2.45, 2.75) is 25.8 Å². The van der Waals surface area contributed by atoms with Crippen molar-refractivity contribution in [3.8, 4) is 11.5 Å². The molecule has 19 heavy (non-hydrogen) atoms. The SMILES string of the molecule is CCOC(=O)C(N)Cc1ccc2c(c1)OCCCO2. The van der Waals surface area contributed by atoms with Gasteiger partial charge >= 0.3 is 5.97 Å². The van der Waals surface area contributed by atoms with E-state index in [0.717, 1.165) is 17.7 Å². The Bertz CT molecular complexity index is 447. The first-order valence-corrected chi connectivity index (χ1v) is 6.51. The third-order valence-corrected chi connectivity index (χ3v) is 2.86. The summed E-state index contributed by atoms with van der Waals surface area (Å²) in [4.78, 5) is 11.5. The van der Waals surface area contributed by atoms with Crippen LogP contribution in [-0.2, 0) is 16.0 Å². The Morgan fingerprint density at radius 1 is 1.37 bits per heavy atom. The number of nitrogens with two attached hydrogens (primary N) is 1. The molecule has 2 rings (SSSR count). The third-order valence-electron chi connectivity index (χ3n) is 2.86. The van der Waals surface area contributed by atoms with E-state index in [-0.39, 0.29) is 5.97 Å². The van der Waals surface area contributed by atoms with Gasteiger partial charge in [-0.05, 0) is 31.0 Å². The fourth-order valence-corrected chi connectivity index (χ4v) is 1.92. The zero-order valence-electron chi connectivity index (χ0n) is 11.1. The van der Waals surface area contributed by atoms with Crippen LogP contribution in [0.15, 0.2) is 18.2 Å². The summed E-state index contributed by atoms with van der Waals surface area (Å²) < 4.78 is 16.0. The molecule has 1 heterocycles. The van der Waals surface area contributed by atoms with Crippen LogP contribution in [0.3, 0.4) is 0 Å². The van der Waals surface area contributed by atoms with Crippen LogP contribution in [0.1, 0.15) is 18.9 Å². The first-order valence-electron chi connectivity index (χ1n) is 6.51. The molecule has 0 saturated heterocycles. The maximum Gasteiger partial charge on any atom is 0.323 e. The molecule has 0 spiro atoms. The summed E-state index contributed by atoms with van der Waals surface area (Å²) in [5.41, 5.74) is 6.73. The quantitative estimate of drug-likeness (QED) is 0.830. The Kier molecular flexibility index (Phi) is 4.63. The number of hydrogen-bond donors (Lipinski definition) is 1.